The maximum absolute atomic E-state index is 12.5. The molecular formula is C21H28N4O3. The number of amides is 1. The minimum Gasteiger partial charge on any atom is -0.490 e. The van der Waals surface area contributed by atoms with Gasteiger partial charge in [0.25, 0.3) is 5.91 Å². The molecule has 1 amide bonds. The van der Waals surface area contributed by atoms with E-state index in [1.165, 1.54) is 0 Å². The highest BCUT2D eigenvalue weighted by molar-refractivity contribution is 5.94. The van der Waals surface area contributed by atoms with E-state index in [2.05, 4.69) is 20.5 Å². The van der Waals surface area contributed by atoms with E-state index >= 15 is 0 Å². The van der Waals surface area contributed by atoms with Crippen molar-refractivity contribution in [3.8, 4) is 11.5 Å². The Morgan fingerprint density at radius 2 is 2.07 bits per heavy atom. The van der Waals surface area contributed by atoms with Gasteiger partial charge in [-0.3, -0.25) is 14.7 Å². The summed E-state index contributed by atoms with van der Waals surface area (Å²) in [6, 6.07) is 9.11. The van der Waals surface area contributed by atoms with Crippen molar-refractivity contribution in [2.75, 3.05) is 45.9 Å². The van der Waals surface area contributed by atoms with Gasteiger partial charge in [0, 0.05) is 62.8 Å². The number of nitrogens with zero attached hydrogens (tertiary/aromatic N) is 2. The average molecular weight is 384 g/mol. The monoisotopic (exact) mass is 384 g/mol. The summed E-state index contributed by atoms with van der Waals surface area (Å²) in [5.41, 5.74) is 1.54. The lowest BCUT2D eigenvalue weighted by Gasteiger charge is -2.27. The van der Waals surface area contributed by atoms with Crippen LogP contribution in [0.4, 0.5) is 0 Å². The van der Waals surface area contributed by atoms with Crippen LogP contribution < -0.4 is 20.1 Å². The van der Waals surface area contributed by atoms with Crippen LogP contribution in [0.5, 0.6) is 11.5 Å². The first-order valence-electron chi connectivity index (χ1n) is 9.76. The summed E-state index contributed by atoms with van der Waals surface area (Å²) >= 11 is 0. The van der Waals surface area contributed by atoms with Crippen molar-refractivity contribution in [3.05, 3.63) is 53.9 Å². The molecule has 1 aliphatic rings. The maximum atomic E-state index is 12.5. The van der Waals surface area contributed by atoms with Crippen LogP contribution in [0.15, 0.2) is 42.7 Å². The average Bonchev–Trinajstić information content (AvgIpc) is 2.74. The Morgan fingerprint density at radius 1 is 1.21 bits per heavy atom. The fourth-order valence-corrected chi connectivity index (χ4v) is 3.05. The quantitative estimate of drug-likeness (QED) is 0.685. The molecule has 2 heterocycles. The molecule has 0 saturated carbocycles. The molecule has 1 aliphatic heterocycles. The summed E-state index contributed by atoms with van der Waals surface area (Å²) in [4.78, 5) is 18.9. The van der Waals surface area contributed by atoms with Gasteiger partial charge in [-0.25, -0.2) is 0 Å². The lowest BCUT2D eigenvalue weighted by Crippen LogP contribution is -2.46. The second-order valence-corrected chi connectivity index (χ2v) is 6.59. The molecule has 150 valence electrons. The minimum atomic E-state index is -0.102. The first kappa shape index (κ1) is 20.1. The molecule has 28 heavy (non-hydrogen) atoms. The van der Waals surface area contributed by atoms with Gasteiger partial charge in [0.1, 0.15) is 6.61 Å². The molecule has 0 atom stereocenters. The molecule has 0 bridgehead atoms. The van der Waals surface area contributed by atoms with Crippen LogP contribution in [-0.2, 0) is 6.61 Å². The Kier molecular flexibility index (Phi) is 7.63. The highest BCUT2D eigenvalue weighted by Gasteiger charge is 2.13. The predicted octanol–water partition coefficient (Wildman–Crippen LogP) is 1.69. The third-order valence-corrected chi connectivity index (χ3v) is 4.55. The summed E-state index contributed by atoms with van der Waals surface area (Å²) in [6.45, 7) is 8.34. The van der Waals surface area contributed by atoms with Crippen LogP contribution in [0.3, 0.4) is 0 Å². The maximum Gasteiger partial charge on any atom is 0.251 e. The van der Waals surface area contributed by atoms with Crippen LogP contribution in [0, 0.1) is 0 Å². The van der Waals surface area contributed by atoms with Gasteiger partial charge in [0.2, 0.25) is 0 Å². The Bertz CT molecular complexity index is 749. The van der Waals surface area contributed by atoms with E-state index in [1.807, 2.05) is 19.1 Å². The largest absolute Gasteiger partial charge is 0.490 e. The third kappa shape index (κ3) is 5.94. The standard InChI is InChI=1S/C21H28N4O3/c1-2-27-20-14-18(21(26)24-10-13-25-11-8-22-9-12-25)5-6-19(20)28-16-17-4-3-7-23-15-17/h3-7,14-15,22H,2,8-13,16H2,1H3,(H,24,26). The fraction of sp³-hybridized carbons (Fsp3) is 0.429. The summed E-state index contributed by atoms with van der Waals surface area (Å²) in [7, 11) is 0. The molecule has 3 rings (SSSR count). The molecule has 1 aromatic carbocycles. The zero-order valence-electron chi connectivity index (χ0n) is 16.3. The van der Waals surface area contributed by atoms with Gasteiger partial charge >= 0.3 is 0 Å². The normalized spacial score (nSPS) is 14.5. The Morgan fingerprint density at radius 3 is 2.82 bits per heavy atom. The molecule has 0 unspecified atom stereocenters. The minimum absolute atomic E-state index is 0.102. The third-order valence-electron chi connectivity index (χ3n) is 4.55. The van der Waals surface area contributed by atoms with E-state index in [0.717, 1.165) is 38.3 Å². The molecule has 0 radical (unpaired) electrons. The number of ether oxygens (including phenoxy) is 2. The van der Waals surface area contributed by atoms with E-state index in [0.29, 0.717) is 36.8 Å². The zero-order valence-corrected chi connectivity index (χ0v) is 16.3. The number of hydrogen-bond acceptors (Lipinski definition) is 6. The van der Waals surface area contributed by atoms with Gasteiger partial charge in [-0.1, -0.05) is 6.07 Å². The van der Waals surface area contributed by atoms with Gasteiger partial charge < -0.3 is 20.1 Å². The first-order valence-corrected chi connectivity index (χ1v) is 9.76. The molecule has 2 aromatic rings. The molecule has 1 saturated heterocycles. The van der Waals surface area contributed by atoms with Crippen LogP contribution in [0.2, 0.25) is 0 Å². The predicted molar refractivity (Wildman–Crippen MR) is 108 cm³/mol. The van der Waals surface area contributed by atoms with Crippen LogP contribution in [-0.4, -0.2) is 61.7 Å². The molecular weight excluding hydrogens is 356 g/mol. The molecule has 2 N–H and O–H groups in total. The van der Waals surface area contributed by atoms with Gasteiger partial charge in [-0.05, 0) is 31.2 Å². The molecule has 7 heteroatoms. The number of nitrogens with one attached hydrogen (secondary N) is 2. The SMILES string of the molecule is CCOc1cc(C(=O)NCCN2CCNCC2)ccc1OCc1cccnc1. The second kappa shape index (κ2) is 10.6. The van der Waals surface area contributed by atoms with Crippen LogP contribution in [0.25, 0.3) is 0 Å². The topological polar surface area (TPSA) is 75.7 Å². The number of pyridine rings is 1. The van der Waals surface area contributed by atoms with Gasteiger partial charge in [-0.15, -0.1) is 0 Å². The van der Waals surface area contributed by atoms with Crippen molar-refractivity contribution in [3.63, 3.8) is 0 Å². The number of rotatable bonds is 9. The summed E-state index contributed by atoms with van der Waals surface area (Å²) in [5.74, 6) is 1.08. The highest BCUT2D eigenvalue weighted by Crippen LogP contribution is 2.29. The van der Waals surface area contributed by atoms with Crippen molar-refractivity contribution in [1.29, 1.82) is 0 Å². The number of piperazine rings is 1. The smallest absolute Gasteiger partial charge is 0.251 e. The summed E-state index contributed by atoms with van der Waals surface area (Å²) in [5, 5.41) is 6.31. The van der Waals surface area contributed by atoms with Crippen molar-refractivity contribution in [2.45, 2.75) is 13.5 Å². The molecule has 1 aromatic heterocycles. The fourth-order valence-electron chi connectivity index (χ4n) is 3.05. The summed E-state index contributed by atoms with van der Waals surface area (Å²) in [6.07, 6.45) is 3.49. The number of carbonyl (C=O) groups excluding carboxylic acids is 1. The molecule has 0 spiro atoms. The van der Waals surface area contributed by atoms with E-state index in [-0.39, 0.29) is 5.91 Å². The molecule has 7 nitrogen and oxygen atoms in total. The van der Waals surface area contributed by atoms with Crippen molar-refractivity contribution in [2.24, 2.45) is 0 Å². The Hall–Kier alpha value is -2.64. The number of hydrogen-bond donors (Lipinski definition) is 2. The highest BCUT2D eigenvalue weighted by atomic mass is 16.5. The Labute approximate surface area is 166 Å². The van der Waals surface area contributed by atoms with Crippen molar-refractivity contribution < 1.29 is 14.3 Å². The summed E-state index contributed by atoms with van der Waals surface area (Å²) < 4.78 is 11.5. The van der Waals surface area contributed by atoms with E-state index < -0.39 is 0 Å². The van der Waals surface area contributed by atoms with Gasteiger partial charge in [-0.2, -0.15) is 0 Å². The van der Waals surface area contributed by atoms with Crippen LogP contribution in [0.1, 0.15) is 22.8 Å². The van der Waals surface area contributed by atoms with E-state index in [4.69, 9.17) is 9.47 Å². The Balaban J connectivity index is 1.56. The number of carbonyl (C=O) groups is 1. The molecule has 0 aliphatic carbocycles. The number of benzene rings is 1. The lowest BCUT2D eigenvalue weighted by atomic mass is 10.2. The lowest BCUT2D eigenvalue weighted by molar-refractivity contribution is 0.0946. The van der Waals surface area contributed by atoms with Crippen molar-refractivity contribution in [1.82, 2.24) is 20.5 Å². The second-order valence-electron chi connectivity index (χ2n) is 6.59. The van der Waals surface area contributed by atoms with E-state index in [9.17, 15) is 4.79 Å². The number of aromatic nitrogens is 1. The van der Waals surface area contributed by atoms with E-state index in [1.54, 1.807) is 30.6 Å². The first-order chi connectivity index (χ1) is 13.8. The van der Waals surface area contributed by atoms with Crippen molar-refractivity contribution >= 4 is 5.91 Å². The molecule has 1 fully saturated rings. The van der Waals surface area contributed by atoms with Gasteiger partial charge in [0.15, 0.2) is 11.5 Å². The zero-order chi connectivity index (χ0) is 19.6. The van der Waals surface area contributed by atoms with Gasteiger partial charge in [0.05, 0.1) is 6.61 Å². The van der Waals surface area contributed by atoms with Crippen LogP contribution >= 0.6 is 0 Å².